The first-order valence-corrected chi connectivity index (χ1v) is 7.32. The summed E-state index contributed by atoms with van der Waals surface area (Å²) in [6.07, 6.45) is 1.16. The van der Waals surface area contributed by atoms with Gasteiger partial charge in [-0.25, -0.2) is 0 Å². The minimum atomic E-state index is -0.144. The van der Waals surface area contributed by atoms with E-state index in [0.717, 1.165) is 12.0 Å². The van der Waals surface area contributed by atoms with Crippen molar-refractivity contribution in [3.8, 4) is 0 Å². The summed E-state index contributed by atoms with van der Waals surface area (Å²) in [5, 5.41) is 0. The number of benzene rings is 2. The number of rotatable bonds is 5. The molecule has 110 valence electrons. The van der Waals surface area contributed by atoms with Crippen LogP contribution in [0.4, 0.5) is 0 Å². The van der Waals surface area contributed by atoms with Crippen LogP contribution in [0.5, 0.6) is 0 Å². The third kappa shape index (κ3) is 4.45. The maximum absolute atomic E-state index is 11.8. The molecule has 0 N–H and O–H groups in total. The van der Waals surface area contributed by atoms with Crippen molar-refractivity contribution in [1.82, 2.24) is 0 Å². The molecule has 0 aliphatic rings. The Hall–Kier alpha value is -2.09. The highest BCUT2D eigenvalue weighted by Crippen LogP contribution is 2.16. The van der Waals surface area contributed by atoms with Crippen LogP contribution in [-0.2, 0) is 22.6 Å². The maximum atomic E-state index is 11.8. The van der Waals surface area contributed by atoms with E-state index in [4.69, 9.17) is 4.74 Å². The van der Waals surface area contributed by atoms with Crippen LogP contribution in [0.25, 0.3) is 0 Å². The van der Waals surface area contributed by atoms with Gasteiger partial charge in [0.1, 0.15) is 6.61 Å². The second kappa shape index (κ2) is 7.07. The van der Waals surface area contributed by atoms with E-state index in [1.165, 1.54) is 22.3 Å². The maximum Gasteiger partial charge on any atom is 0.306 e. The Balaban J connectivity index is 1.84. The first kappa shape index (κ1) is 15.3. The van der Waals surface area contributed by atoms with Crippen LogP contribution in [-0.4, -0.2) is 5.97 Å². The molecule has 2 aromatic rings. The fourth-order valence-electron chi connectivity index (χ4n) is 2.33. The predicted octanol–water partition coefficient (Wildman–Crippen LogP) is 4.29. The first-order chi connectivity index (χ1) is 10.1. The molecule has 0 spiro atoms. The van der Waals surface area contributed by atoms with Crippen molar-refractivity contribution in [2.75, 3.05) is 0 Å². The summed E-state index contributed by atoms with van der Waals surface area (Å²) in [4.78, 5) is 11.8. The molecular formula is C19H22O2. The Morgan fingerprint density at radius 3 is 2.19 bits per heavy atom. The Morgan fingerprint density at radius 2 is 1.57 bits per heavy atom. The molecule has 0 saturated carbocycles. The first-order valence-electron chi connectivity index (χ1n) is 7.32. The molecule has 2 aromatic carbocycles. The van der Waals surface area contributed by atoms with Gasteiger partial charge in [0.05, 0.1) is 0 Å². The molecule has 2 rings (SSSR count). The zero-order valence-corrected chi connectivity index (χ0v) is 13.0. The number of hydrogen-bond acceptors (Lipinski definition) is 2. The summed E-state index contributed by atoms with van der Waals surface area (Å²) >= 11 is 0. The van der Waals surface area contributed by atoms with Gasteiger partial charge in [-0.15, -0.1) is 0 Å². The summed E-state index contributed by atoms with van der Waals surface area (Å²) in [6, 6.07) is 14.1. The highest BCUT2D eigenvalue weighted by molar-refractivity contribution is 5.69. The molecule has 2 heteroatoms. The van der Waals surface area contributed by atoms with Gasteiger partial charge in [-0.2, -0.15) is 0 Å². The molecule has 0 heterocycles. The van der Waals surface area contributed by atoms with E-state index in [-0.39, 0.29) is 5.97 Å². The van der Waals surface area contributed by atoms with E-state index in [9.17, 15) is 4.79 Å². The zero-order valence-electron chi connectivity index (χ0n) is 13.0. The number of carbonyl (C=O) groups is 1. The van der Waals surface area contributed by atoms with Crippen molar-refractivity contribution in [3.63, 3.8) is 0 Å². The minimum Gasteiger partial charge on any atom is -0.461 e. The fraction of sp³-hybridized carbons (Fsp3) is 0.316. The van der Waals surface area contributed by atoms with Crippen LogP contribution in [0.1, 0.15) is 34.2 Å². The lowest BCUT2D eigenvalue weighted by Crippen LogP contribution is -2.06. The molecule has 0 amide bonds. The van der Waals surface area contributed by atoms with E-state index in [2.05, 4.69) is 32.9 Å². The molecule has 2 nitrogen and oxygen atoms in total. The molecule has 0 radical (unpaired) electrons. The Kier molecular flexibility index (Phi) is 5.15. The summed E-state index contributed by atoms with van der Waals surface area (Å²) in [6.45, 7) is 6.70. The Labute approximate surface area is 126 Å². The topological polar surface area (TPSA) is 26.3 Å². The summed E-state index contributed by atoms with van der Waals surface area (Å²) in [5.41, 5.74) is 6.11. The number of esters is 1. The van der Waals surface area contributed by atoms with E-state index in [1.54, 1.807) is 0 Å². The van der Waals surface area contributed by atoms with Crippen molar-refractivity contribution < 1.29 is 9.53 Å². The smallest absolute Gasteiger partial charge is 0.306 e. The molecule has 21 heavy (non-hydrogen) atoms. The molecule has 0 saturated heterocycles. The molecule has 0 atom stereocenters. The molecule has 0 fully saturated rings. The minimum absolute atomic E-state index is 0.144. The van der Waals surface area contributed by atoms with Gasteiger partial charge in [-0.3, -0.25) is 4.79 Å². The van der Waals surface area contributed by atoms with Crippen LogP contribution in [0.3, 0.4) is 0 Å². The van der Waals surface area contributed by atoms with Gasteiger partial charge in [0, 0.05) is 6.42 Å². The van der Waals surface area contributed by atoms with Crippen LogP contribution in [0.15, 0.2) is 42.5 Å². The Morgan fingerprint density at radius 1 is 0.952 bits per heavy atom. The van der Waals surface area contributed by atoms with Gasteiger partial charge < -0.3 is 4.74 Å². The monoisotopic (exact) mass is 282 g/mol. The average Bonchev–Trinajstić information content (AvgIpc) is 2.49. The molecular weight excluding hydrogens is 260 g/mol. The molecule has 0 aromatic heterocycles. The van der Waals surface area contributed by atoms with Crippen LogP contribution in [0.2, 0.25) is 0 Å². The largest absolute Gasteiger partial charge is 0.461 e. The third-order valence-electron chi connectivity index (χ3n) is 3.85. The summed E-state index contributed by atoms with van der Waals surface area (Å²) < 4.78 is 5.30. The number of ether oxygens (including phenoxy) is 1. The van der Waals surface area contributed by atoms with Crippen LogP contribution in [0, 0.1) is 20.8 Å². The molecule has 0 unspecified atom stereocenters. The number of aryl methyl sites for hydroxylation is 3. The van der Waals surface area contributed by atoms with Crippen LogP contribution >= 0.6 is 0 Å². The van der Waals surface area contributed by atoms with E-state index in [0.29, 0.717) is 13.0 Å². The molecule has 0 aliphatic heterocycles. The van der Waals surface area contributed by atoms with E-state index in [1.807, 2.05) is 30.3 Å². The third-order valence-corrected chi connectivity index (χ3v) is 3.85. The van der Waals surface area contributed by atoms with Crippen molar-refractivity contribution >= 4 is 5.97 Å². The van der Waals surface area contributed by atoms with Gasteiger partial charge in [-0.1, -0.05) is 42.5 Å². The number of carbonyl (C=O) groups excluding carboxylic acids is 1. The van der Waals surface area contributed by atoms with Crippen molar-refractivity contribution in [2.24, 2.45) is 0 Å². The Bertz CT molecular complexity index is 592. The summed E-state index contributed by atoms with van der Waals surface area (Å²) in [5.74, 6) is -0.144. The predicted molar refractivity (Wildman–Crippen MR) is 85.2 cm³/mol. The number of hydrogen-bond donors (Lipinski definition) is 0. The van der Waals surface area contributed by atoms with Gasteiger partial charge in [0.25, 0.3) is 0 Å². The van der Waals surface area contributed by atoms with Gasteiger partial charge >= 0.3 is 5.97 Å². The molecule has 0 bridgehead atoms. The van der Waals surface area contributed by atoms with Crippen molar-refractivity contribution in [3.05, 3.63) is 70.3 Å². The second-order valence-corrected chi connectivity index (χ2v) is 5.50. The van der Waals surface area contributed by atoms with Crippen molar-refractivity contribution in [2.45, 2.75) is 40.2 Å². The van der Waals surface area contributed by atoms with Crippen LogP contribution < -0.4 is 0 Å². The normalized spacial score (nSPS) is 10.4. The fourth-order valence-corrected chi connectivity index (χ4v) is 2.33. The second-order valence-electron chi connectivity index (χ2n) is 5.50. The lowest BCUT2D eigenvalue weighted by molar-refractivity contribution is -0.144. The standard InChI is InChI=1S/C19H22O2/c1-14-11-18(12-15(2)16(14)3)9-10-19(20)21-13-17-7-5-4-6-8-17/h4-8,11-12H,9-10,13H2,1-3H3. The quantitative estimate of drug-likeness (QED) is 0.765. The average molecular weight is 282 g/mol. The highest BCUT2D eigenvalue weighted by Gasteiger charge is 2.06. The van der Waals surface area contributed by atoms with Gasteiger partial charge in [0.2, 0.25) is 0 Å². The highest BCUT2D eigenvalue weighted by atomic mass is 16.5. The molecule has 0 aliphatic carbocycles. The van der Waals surface area contributed by atoms with Crippen molar-refractivity contribution in [1.29, 1.82) is 0 Å². The zero-order chi connectivity index (χ0) is 15.2. The van der Waals surface area contributed by atoms with E-state index >= 15 is 0 Å². The lowest BCUT2D eigenvalue weighted by Gasteiger charge is -2.09. The van der Waals surface area contributed by atoms with Gasteiger partial charge in [0.15, 0.2) is 0 Å². The lowest BCUT2D eigenvalue weighted by atomic mass is 9.98. The van der Waals surface area contributed by atoms with Gasteiger partial charge in [-0.05, 0) is 55.0 Å². The van der Waals surface area contributed by atoms with E-state index < -0.39 is 0 Å². The summed E-state index contributed by atoms with van der Waals surface area (Å²) in [7, 11) is 0. The SMILES string of the molecule is Cc1cc(CCC(=O)OCc2ccccc2)cc(C)c1C.